The fourth-order valence-electron chi connectivity index (χ4n) is 3.26. The van der Waals surface area contributed by atoms with Gasteiger partial charge < -0.3 is 9.64 Å². The SMILES string of the molecule is CCCN(CCC)c1ccc(C[C@@H](C)C(C)OCc2ccccc2)cc1. The Kier molecular flexibility index (Phi) is 8.70. The molecular weight excluding hydrogens is 318 g/mol. The van der Waals surface area contributed by atoms with E-state index < -0.39 is 0 Å². The molecule has 0 aliphatic carbocycles. The summed E-state index contributed by atoms with van der Waals surface area (Å²) < 4.78 is 6.08. The van der Waals surface area contributed by atoms with Crippen LogP contribution in [0, 0.1) is 5.92 Å². The van der Waals surface area contributed by atoms with E-state index in [9.17, 15) is 0 Å². The van der Waals surface area contributed by atoms with Crippen molar-refractivity contribution in [2.75, 3.05) is 18.0 Å². The van der Waals surface area contributed by atoms with Gasteiger partial charge in [0.25, 0.3) is 0 Å². The molecule has 0 aliphatic heterocycles. The highest BCUT2D eigenvalue weighted by Crippen LogP contribution is 2.20. The molecule has 0 saturated heterocycles. The molecule has 0 spiro atoms. The van der Waals surface area contributed by atoms with Gasteiger partial charge in [-0.3, -0.25) is 0 Å². The average Bonchev–Trinajstić information content (AvgIpc) is 2.67. The smallest absolute Gasteiger partial charge is 0.0720 e. The molecule has 0 aromatic heterocycles. The molecule has 0 saturated carbocycles. The summed E-state index contributed by atoms with van der Waals surface area (Å²) in [6.45, 7) is 11.9. The second-order valence-corrected chi connectivity index (χ2v) is 7.34. The molecule has 2 aromatic carbocycles. The van der Waals surface area contributed by atoms with Crippen LogP contribution in [-0.2, 0) is 17.8 Å². The standard InChI is InChI=1S/C24H35NO/c1-5-16-25(17-6-2)24-14-12-22(13-15-24)18-20(3)21(4)26-19-23-10-8-7-9-11-23/h7-15,20-21H,5-6,16-19H2,1-4H3/t20-,21?/m1/s1. The van der Waals surface area contributed by atoms with Crippen LogP contribution >= 0.6 is 0 Å². The predicted molar refractivity (Wildman–Crippen MR) is 113 cm³/mol. The first-order valence-electron chi connectivity index (χ1n) is 10.1. The highest BCUT2D eigenvalue weighted by Gasteiger charge is 2.14. The van der Waals surface area contributed by atoms with Gasteiger partial charge in [-0.15, -0.1) is 0 Å². The van der Waals surface area contributed by atoms with Crippen LogP contribution in [0.3, 0.4) is 0 Å². The molecule has 2 rings (SSSR count). The molecule has 142 valence electrons. The van der Waals surface area contributed by atoms with Gasteiger partial charge in [0.1, 0.15) is 0 Å². The molecule has 0 fully saturated rings. The van der Waals surface area contributed by atoms with Crippen LogP contribution in [0.15, 0.2) is 54.6 Å². The Bertz CT molecular complexity index is 602. The number of benzene rings is 2. The molecule has 0 heterocycles. The first-order valence-corrected chi connectivity index (χ1v) is 10.1. The van der Waals surface area contributed by atoms with Crippen molar-refractivity contribution >= 4 is 5.69 Å². The molecule has 1 unspecified atom stereocenters. The molecule has 2 atom stereocenters. The summed E-state index contributed by atoms with van der Waals surface area (Å²) in [6, 6.07) is 19.5. The Morgan fingerprint density at radius 1 is 0.808 bits per heavy atom. The number of hydrogen-bond acceptors (Lipinski definition) is 2. The minimum Gasteiger partial charge on any atom is -0.374 e. The minimum absolute atomic E-state index is 0.242. The van der Waals surface area contributed by atoms with Crippen LogP contribution in [0.1, 0.15) is 51.7 Å². The van der Waals surface area contributed by atoms with E-state index >= 15 is 0 Å². The average molecular weight is 354 g/mol. The van der Waals surface area contributed by atoms with Gasteiger partial charge >= 0.3 is 0 Å². The molecule has 0 radical (unpaired) electrons. The van der Waals surface area contributed by atoms with Crippen LogP contribution in [0.4, 0.5) is 5.69 Å². The first-order chi connectivity index (χ1) is 12.6. The summed E-state index contributed by atoms with van der Waals surface area (Å²) in [6.07, 6.45) is 3.67. The van der Waals surface area contributed by atoms with Gasteiger partial charge in [0.05, 0.1) is 12.7 Å². The normalized spacial score (nSPS) is 13.4. The largest absolute Gasteiger partial charge is 0.374 e. The van der Waals surface area contributed by atoms with Crippen molar-refractivity contribution in [2.24, 2.45) is 5.92 Å². The van der Waals surface area contributed by atoms with Gasteiger partial charge in [-0.2, -0.15) is 0 Å². The zero-order valence-corrected chi connectivity index (χ0v) is 16.9. The Hall–Kier alpha value is -1.80. The number of nitrogens with zero attached hydrogens (tertiary/aromatic N) is 1. The highest BCUT2D eigenvalue weighted by molar-refractivity contribution is 5.47. The summed E-state index contributed by atoms with van der Waals surface area (Å²) in [4.78, 5) is 2.48. The van der Waals surface area contributed by atoms with E-state index in [1.807, 2.05) is 6.07 Å². The maximum Gasteiger partial charge on any atom is 0.0720 e. The van der Waals surface area contributed by atoms with E-state index in [0.29, 0.717) is 12.5 Å². The highest BCUT2D eigenvalue weighted by atomic mass is 16.5. The lowest BCUT2D eigenvalue weighted by Crippen LogP contribution is -2.24. The van der Waals surface area contributed by atoms with Gasteiger partial charge in [-0.05, 0) is 55.4 Å². The third kappa shape index (κ3) is 6.49. The van der Waals surface area contributed by atoms with E-state index in [1.54, 1.807) is 0 Å². The molecular formula is C24H35NO. The minimum atomic E-state index is 0.242. The number of anilines is 1. The van der Waals surface area contributed by atoms with E-state index in [0.717, 1.165) is 19.5 Å². The number of hydrogen-bond donors (Lipinski definition) is 0. The molecule has 26 heavy (non-hydrogen) atoms. The van der Waals surface area contributed by atoms with Crippen molar-refractivity contribution in [3.63, 3.8) is 0 Å². The van der Waals surface area contributed by atoms with Crippen LogP contribution < -0.4 is 4.90 Å². The molecule has 2 aromatic rings. The summed E-state index contributed by atoms with van der Waals surface area (Å²) >= 11 is 0. The quantitative estimate of drug-likeness (QED) is 0.484. The van der Waals surface area contributed by atoms with Crippen molar-refractivity contribution < 1.29 is 4.74 Å². The maximum absolute atomic E-state index is 6.08. The summed E-state index contributed by atoms with van der Waals surface area (Å²) in [5.41, 5.74) is 3.98. The van der Waals surface area contributed by atoms with E-state index in [-0.39, 0.29) is 6.10 Å². The Balaban J connectivity index is 1.86. The Morgan fingerprint density at radius 2 is 1.42 bits per heavy atom. The molecule has 2 heteroatoms. The fourth-order valence-corrected chi connectivity index (χ4v) is 3.26. The first kappa shape index (κ1) is 20.5. The lowest BCUT2D eigenvalue weighted by molar-refractivity contribution is 0.0185. The van der Waals surface area contributed by atoms with Crippen molar-refractivity contribution in [2.45, 2.75) is 59.7 Å². The molecule has 0 bridgehead atoms. The lowest BCUT2D eigenvalue weighted by Gasteiger charge is -2.24. The Morgan fingerprint density at radius 3 is 2.00 bits per heavy atom. The fraction of sp³-hybridized carbons (Fsp3) is 0.500. The zero-order chi connectivity index (χ0) is 18.8. The van der Waals surface area contributed by atoms with Gasteiger partial charge in [-0.1, -0.05) is 63.2 Å². The van der Waals surface area contributed by atoms with Crippen LogP contribution in [0.2, 0.25) is 0 Å². The Labute approximate surface area is 160 Å². The van der Waals surface area contributed by atoms with E-state index in [1.165, 1.54) is 29.7 Å². The number of ether oxygens (including phenoxy) is 1. The topological polar surface area (TPSA) is 12.5 Å². The van der Waals surface area contributed by atoms with Crippen molar-refractivity contribution in [3.8, 4) is 0 Å². The van der Waals surface area contributed by atoms with Gasteiger partial charge in [0, 0.05) is 18.8 Å². The lowest BCUT2D eigenvalue weighted by atomic mass is 9.96. The summed E-state index contributed by atoms with van der Waals surface area (Å²) in [7, 11) is 0. The van der Waals surface area contributed by atoms with Crippen molar-refractivity contribution in [1.82, 2.24) is 0 Å². The summed E-state index contributed by atoms with van der Waals surface area (Å²) in [5.74, 6) is 0.493. The van der Waals surface area contributed by atoms with Gasteiger partial charge in [-0.25, -0.2) is 0 Å². The second-order valence-electron chi connectivity index (χ2n) is 7.34. The maximum atomic E-state index is 6.08. The summed E-state index contributed by atoms with van der Waals surface area (Å²) in [5, 5.41) is 0. The molecule has 0 amide bonds. The number of rotatable bonds is 11. The monoisotopic (exact) mass is 353 g/mol. The van der Waals surface area contributed by atoms with Crippen molar-refractivity contribution in [3.05, 3.63) is 65.7 Å². The van der Waals surface area contributed by atoms with Crippen LogP contribution in [0.5, 0.6) is 0 Å². The van der Waals surface area contributed by atoms with Gasteiger partial charge in [0.15, 0.2) is 0 Å². The van der Waals surface area contributed by atoms with Crippen LogP contribution in [-0.4, -0.2) is 19.2 Å². The predicted octanol–water partition coefficient (Wildman–Crippen LogP) is 6.10. The second kappa shape index (κ2) is 11.0. The molecule has 0 aliphatic rings. The van der Waals surface area contributed by atoms with E-state index in [2.05, 4.69) is 81.1 Å². The van der Waals surface area contributed by atoms with Crippen molar-refractivity contribution in [1.29, 1.82) is 0 Å². The zero-order valence-electron chi connectivity index (χ0n) is 16.9. The third-order valence-electron chi connectivity index (χ3n) is 5.00. The molecule has 0 N–H and O–H groups in total. The third-order valence-corrected chi connectivity index (χ3v) is 5.00. The van der Waals surface area contributed by atoms with Crippen LogP contribution in [0.25, 0.3) is 0 Å². The van der Waals surface area contributed by atoms with E-state index in [4.69, 9.17) is 4.74 Å². The molecule has 2 nitrogen and oxygen atoms in total. The van der Waals surface area contributed by atoms with Gasteiger partial charge in [0.2, 0.25) is 0 Å².